The Kier molecular flexibility index (Phi) is 2.68. The van der Waals surface area contributed by atoms with Crippen molar-refractivity contribution >= 4 is 5.69 Å². The third-order valence-electron chi connectivity index (χ3n) is 2.72. The van der Waals surface area contributed by atoms with Gasteiger partial charge in [0.05, 0.1) is 0 Å². The van der Waals surface area contributed by atoms with Gasteiger partial charge in [0.2, 0.25) is 5.82 Å². The van der Waals surface area contributed by atoms with E-state index < -0.39 is 0 Å². The molecule has 0 saturated heterocycles. The van der Waals surface area contributed by atoms with E-state index >= 15 is 0 Å². The molecule has 0 amide bonds. The molecule has 2 aromatic heterocycles. The van der Waals surface area contributed by atoms with Crippen LogP contribution in [-0.2, 0) is 0 Å². The molecule has 0 atom stereocenters. The molecule has 6 nitrogen and oxygen atoms in total. The summed E-state index contributed by atoms with van der Waals surface area (Å²) in [5, 5.41) is 3.92. The van der Waals surface area contributed by atoms with Crippen LogP contribution in [0.3, 0.4) is 0 Å². The summed E-state index contributed by atoms with van der Waals surface area (Å²) in [4.78, 5) is 12.3. The topological polar surface area (TPSA) is 90.7 Å². The summed E-state index contributed by atoms with van der Waals surface area (Å²) in [7, 11) is 0. The van der Waals surface area contributed by atoms with Gasteiger partial charge in [-0.1, -0.05) is 5.16 Å². The number of nitrogens with zero attached hydrogens (tertiary/aromatic N) is 4. The zero-order valence-electron chi connectivity index (χ0n) is 10.2. The van der Waals surface area contributed by atoms with Crippen molar-refractivity contribution in [1.29, 1.82) is 0 Å². The molecule has 0 aliphatic rings. The molecule has 0 fully saturated rings. The average Bonchev–Trinajstić information content (AvgIpc) is 2.89. The minimum Gasteiger partial charge on any atom is -0.399 e. The van der Waals surface area contributed by atoms with Gasteiger partial charge in [-0.05, 0) is 36.8 Å². The van der Waals surface area contributed by atoms with Gasteiger partial charge in [-0.2, -0.15) is 4.98 Å². The highest BCUT2D eigenvalue weighted by atomic mass is 16.5. The van der Waals surface area contributed by atoms with E-state index in [1.807, 2.05) is 19.1 Å². The summed E-state index contributed by atoms with van der Waals surface area (Å²) in [6, 6.07) is 7.26. The molecule has 2 heterocycles. The van der Waals surface area contributed by atoms with Crippen molar-refractivity contribution in [2.45, 2.75) is 6.92 Å². The largest absolute Gasteiger partial charge is 0.399 e. The van der Waals surface area contributed by atoms with Crippen molar-refractivity contribution in [2.75, 3.05) is 5.73 Å². The lowest BCUT2D eigenvalue weighted by molar-refractivity contribution is 0.432. The molecular formula is C13H11N5O. The Morgan fingerprint density at radius 1 is 1.21 bits per heavy atom. The minimum absolute atomic E-state index is 0.439. The lowest BCUT2D eigenvalue weighted by Crippen LogP contribution is -1.89. The van der Waals surface area contributed by atoms with Crippen molar-refractivity contribution in [1.82, 2.24) is 20.1 Å². The van der Waals surface area contributed by atoms with Crippen LogP contribution < -0.4 is 5.73 Å². The van der Waals surface area contributed by atoms with E-state index in [0.717, 1.165) is 11.1 Å². The van der Waals surface area contributed by atoms with Crippen LogP contribution in [0, 0.1) is 6.92 Å². The molecule has 3 aromatic rings. The van der Waals surface area contributed by atoms with Crippen LogP contribution in [-0.4, -0.2) is 20.1 Å². The van der Waals surface area contributed by atoms with Crippen molar-refractivity contribution in [2.24, 2.45) is 0 Å². The van der Waals surface area contributed by atoms with E-state index in [0.29, 0.717) is 23.1 Å². The Bertz CT molecular complexity index is 708. The second kappa shape index (κ2) is 4.49. The fourth-order valence-corrected chi connectivity index (χ4v) is 1.79. The normalized spacial score (nSPS) is 10.6. The molecule has 0 spiro atoms. The number of rotatable bonds is 2. The fourth-order valence-electron chi connectivity index (χ4n) is 1.79. The molecule has 1 aromatic carbocycles. The summed E-state index contributed by atoms with van der Waals surface area (Å²) in [6.07, 6.45) is 3.08. The van der Waals surface area contributed by atoms with Crippen LogP contribution in [0.4, 0.5) is 5.69 Å². The number of benzene rings is 1. The second-order valence-corrected chi connectivity index (χ2v) is 4.09. The Hall–Kier alpha value is -2.76. The number of anilines is 1. The average molecular weight is 253 g/mol. The van der Waals surface area contributed by atoms with Crippen molar-refractivity contribution in [3.8, 4) is 23.0 Å². The third-order valence-corrected chi connectivity index (χ3v) is 2.72. The van der Waals surface area contributed by atoms with E-state index in [1.54, 1.807) is 18.3 Å². The first kappa shape index (κ1) is 11.3. The van der Waals surface area contributed by atoms with Crippen LogP contribution in [0.15, 0.2) is 41.3 Å². The monoisotopic (exact) mass is 253 g/mol. The van der Waals surface area contributed by atoms with Crippen molar-refractivity contribution in [3.05, 3.63) is 42.4 Å². The number of hydrogen-bond acceptors (Lipinski definition) is 6. The molecule has 3 rings (SSSR count). The molecule has 0 radical (unpaired) electrons. The lowest BCUT2D eigenvalue weighted by atomic mass is 10.1. The molecule has 6 heteroatoms. The van der Waals surface area contributed by atoms with Crippen LogP contribution in [0.25, 0.3) is 23.0 Å². The Balaban J connectivity index is 2.02. The van der Waals surface area contributed by atoms with Gasteiger partial charge in [0.25, 0.3) is 5.89 Å². The smallest absolute Gasteiger partial charge is 0.258 e. The Morgan fingerprint density at radius 2 is 2.11 bits per heavy atom. The maximum absolute atomic E-state index is 5.72. The van der Waals surface area contributed by atoms with E-state index in [9.17, 15) is 0 Å². The number of aryl methyl sites for hydroxylation is 1. The quantitative estimate of drug-likeness (QED) is 0.703. The summed E-state index contributed by atoms with van der Waals surface area (Å²) < 4.78 is 5.26. The summed E-state index contributed by atoms with van der Waals surface area (Å²) in [6.45, 7) is 1.94. The minimum atomic E-state index is 0.439. The predicted octanol–water partition coefficient (Wildman–Crippen LogP) is 2.08. The molecule has 0 unspecified atom stereocenters. The first-order valence-electron chi connectivity index (χ1n) is 5.70. The lowest BCUT2D eigenvalue weighted by Gasteiger charge is -2.01. The van der Waals surface area contributed by atoms with E-state index in [1.165, 1.54) is 6.33 Å². The molecule has 0 aliphatic heterocycles. The summed E-state index contributed by atoms with van der Waals surface area (Å²) in [5.74, 6) is 0.889. The molecular weight excluding hydrogens is 242 g/mol. The van der Waals surface area contributed by atoms with E-state index in [-0.39, 0.29) is 0 Å². The maximum Gasteiger partial charge on any atom is 0.258 e. The Morgan fingerprint density at radius 3 is 2.84 bits per heavy atom. The highest BCUT2D eigenvalue weighted by Crippen LogP contribution is 2.25. The zero-order valence-corrected chi connectivity index (χ0v) is 10.2. The van der Waals surface area contributed by atoms with Crippen molar-refractivity contribution < 1.29 is 4.52 Å². The highest BCUT2D eigenvalue weighted by Gasteiger charge is 2.13. The van der Waals surface area contributed by atoms with Gasteiger partial charge in [0, 0.05) is 17.4 Å². The first-order chi connectivity index (χ1) is 9.24. The van der Waals surface area contributed by atoms with Gasteiger partial charge in [0.1, 0.15) is 12.0 Å². The predicted molar refractivity (Wildman–Crippen MR) is 69.9 cm³/mol. The summed E-state index contributed by atoms with van der Waals surface area (Å²) >= 11 is 0. The van der Waals surface area contributed by atoms with Crippen LogP contribution in [0.1, 0.15) is 5.56 Å². The third kappa shape index (κ3) is 2.15. The number of nitrogens with two attached hydrogens (primary N) is 1. The number of nitrogen functional groups attached to an aromatic ring is 1. The van der Waals surface area contributed by atoms with Crippen LogP contribution >= 0.6 is 0 Å². The highest BCUT2D eigenvalue weighted by molar-refractivity contribution is 5.64. The van der Waals surface area contributed by atoms with Gasteiger partial charge in [-0.25, -0.2) is 9.97 Å². The zero-order chi connectivity index (χ0) is 13.2. The first-order valence-corrected chi connectivity index (χ1v) is 5.70. The Labute approximate surface area is 109 Å². The molecule has 94 valence electrons. The molecule has 2 N–H and O–H groups in total. The van der Waals surface area contributed by atoms with Gasteiger partial charge in [0.15, 0.2) is 0 Å². The van der Waals surface area contributed by atoms with Gasteiger partial charge in [-0.15, -0.1) is 0 Å². The van der Waals surface area contributed by atoms with Crippen LogP contribution in [0.2, 0.25) is 0 Å². The second-order valence-electron chi connectivity index (χ2n) is 4.09. The van der Waals surface area contributed by atoms with Crippen molar-refractivity contribution in [3.63, 3.8) is 0 Å². The van der Waals surface area contributed by atoms with Gasteiger partial charge >= 0.3 is 0 Å². The number of hydrogen-bond donors (Lipinski definition) is 1. The van der Waals surface area contributed by atoms with E-state index in [2.05, 4.69) is 20.1 Å². The summed E-state index contributed by atoms with van der Waals surface area (Å²) in [5.41, 5.74) is 8.89. The standard InChI is InChI=1S/C13H11N5O/c1-8-6-9(14)2-3-10(8)13-17-12(18-19-13)11-4-5-15-7-16-11/h2-7H,14H2,1H3. The number of aromatic nitrogens is 4. The SMILES string of the molecule is Cc1cc(N)ccc1-c1nc(-c2ccncn2)no1. The molecule has 0 saturated carbocycles. The molecule has 0 bridgehead atoms. The molecule has 0 aliphatic carbocycles. The van der Waals surface area contributed by atoms with Crippen LogP contribution in [0.5, 0.6) is 0 Å². The molecule has 19 heavy (non-hydrogen) atoms. The van der Waals surface area contributed by atoms with E-state index in [4.69, 9.17) is 10.3 Å². The van der Waals surface area contributed by atoms with Gasteiger partial charge < -0.3 is 10.3 Å². The van der Waals surface area contributed by atoms with Gasteiger partial charge in [-0.3, -0.25) is 0 Å². The maximum atomic E-state index is 5.72. The fraction of sp³-hybridized carbons (Fsp3) is 0.0769.